The third-order valence-corrected chi connectivity index (χ3v) is 5.49. The van der Waals surface area contributed by atoms with Crippen LogP contribution in [0.1, 0.15) is 19.8 Å². The normalized spacial score (nSPS) is 17.4. The van der Waals surface area contributed by atoms with Crippen LogP contribution in [0.2, 0.25) is 0 Å². The summed E-state index contributed by atoms with van der Waals surface area (Å²) in [6.45, 7) is 3.96. The number of hydrogen-bond acceptors (Lipinski definition) is 1. The summed E-state index contributed by atoms with van der Waals surface area (Å²) in [5.74, 6) is 0.263. The van der Waals surface area contributed by atoms with Gasteiger partial charge in [-0.05, 0) is 0 Å². The van der Waals surface area contributed by atoms with Crippen LogP contribution < -0.4 is 3.61 Å². The van der Waals surface area contributed by atoms with Crippen molar-refractivity contribution in [3.63, 3.8) is 0 Å². The second kappa shape index (κ2) is 6.23. The number of likely N-dealkylation sites (tertiary alicyclic amines) is 1. The number of β-lactam (4-membered cyclic amide) rings is 1. The van der Waals surface area contributed by atoms with E-state index >= 15 is 0 Å². The molecular formula is C14H17NOTe. The van der Waals surface area contributed by atoms with Gasteiger partial charge < -0.3 is 0 Å². The van der Waals surface area contributed by atoms with Gasteiger partial charge in [0.25, 0.3) is 0 Å². The molecule has 0 atom stereocenters. The van der Waals surface area contributed by atoms with E-state index in [-0.39, 0.29) is 26.8 Å². The zero-order chi connectivity index (χ0) is 12.1. The second-order valence-electron chi connectivity index (χ2n) is 4.15. The van der Waals surface area contributed by atoms with E-state index in [4.69, 9.17) is 0 Å². The van der Waals surface area contributed by atoms with E-state index in [1.54, 1.807) is 0 Å². The molecule has 0 radical (unpaired) electrons. The van der Waals surface area contributed by atoms with Crippen molar-refractivity contribution in [2.45, 2.75) is 19.8 Å². The SMILES string of the molecule is CCCCN1C/C(=C/[Te]c2ccccc2)C1=O. The third kappa shape index (κ3) is 3.34. The van der Waals surface area contributed by atoms with E-state index in [9.17, 15) is 4.79 Å². The van der Waals surface area contributed by atoms with E-state index in [0.717, 1.165) is 31.5 Å². The molecule has 1 amide bonds. The van der Waals surface area contributed by atoms with Crippen LogP contribution in [0.5, 0.6) is 0 Å². The minimum absolute atomic E-state index is 0.263. The molecule has 0 aliphatic carbocycles. The summed E-state index contributed by atoms with van der Waals surface area (Å²) < 4.78 is 3.59. The van der Waals surface area contributed by atoms with Crippen LogP contribution in [0.25, 0.3) is 0 Å². The summed E-state index contributed by atoms with van der Waals surface area (Å²) in [5, 5.41) is 0. The van der Waals surface area contributed by atoms with Crippen molar-refractivity contribution in [3.8, 4) is 0 Å². The van der Waals surface area contributed by atoms with Crippen LogP contribution in [0, 0.1) is 0 Å². The maximum absolute atomic E-state index is 11.8. The predicted octanol–water partition coefficient (Wildman–Crippen LogP) is 1.54. The summed E-state index contributed by atoms with van der Waals surface area (Å²) in [5.41, 5.74) is 1.03. The maximum atomic E-state index is 11.8. The van der Waals surface area contributed by atoms with E-state index in [1.807, 2.05) is 11.0 Å². The number of amides is 1. The number of hydrogen-bond donors (Lipinski definition) is 0. The molecule has 2 rings (SSSR count). The van der Waals surface area contributed by atoms with Gasteiger partial charge in [0.15, 0.2) is 0 Å². The Labute approximate surface area is 113 Å². The van der Waals surface area contributed by atoms with Crippen LogP contribution >= 0.6 is 0 Å². The van der Waals surface area contributed by atoms with Gasteiger partial charge in [-0.3, -0.25) is 0 Å². The molecule has 1 fully saturated rings. The first-order chi connectivity index (χ1) is 8.31. The first-order valence-electron chi connectivity index (χ1n) is 6.01. The Morgan fingerprint density at radius 3 is 2.76 bits per heavy atom. The fourth-order valence-corrected chi connectivity index (χ4v) is 3.90. The van der Waals surface area contributed by atoms with Gasteiger partial charge in [-0.2, -0.15) is 0 Å². The Balaban J connectivity index is 1.83. The zero-order valence-corrected chi connectivity index (χ0v) is 12.4. The van der Waals surface area contributed by atoms with Gasteiger partial charge in [0.1, 0.15) is 0 Å². The number of rotatable bonds is 5. The average molecular weight is 343 g/mol. The molecule has 0 unspecified atom stereocenters. The van der Waals surface area contributed by atoms with Gasteiger partial charge in [0.05, 0.1) is 0 Å². The van der Waals surface area contributed by atoms with Gasteiger partial charge in [-0.25, -0.2) is 0 Å². The van der Waals surface area contributed by atoms with Gasteiger partial charge in [0.2, 0.25) is 0 Å². The summed E-state index contributed by atoms with van der Waals surface area (Å²) in [4.78, 5) is 13.7. The number of carbonyl (C=O) groups is 1. The molecule has 0 N–H and O–H groups in total. The van der Waals surface area contributed by atoms with Crippen molar-refractivity contribution in [2.24, 2.45) is 0 Å². The predicted molar refractivity (Wildman–Crippen MR) is 71.4 cm³/mol. The molecule has 1 aliphatic rings. The fraction of sp³-hybridized carbons (Fsp3) is 0.357. The molecule has 90 valence electrons. The minimum atomic E-state index is -0.321. The van der Waals surface area contributed by atoms with E-state index < -0.39 is 0 Å². The average Bonchev–Trinajstić information content (AvgIpc) is 2.38. The van der Waals surface area contributed by atoms with Crippen molar-refractivity contribution in [1.82, 2.24) is 4.90 Å². The van der Waals surface area contributed by atoms with Crippen LogP contribution in [-0.2, 0) is 4.79 Å². The molecule has 1 aromatic rings. The molecule has 0 spiro atoms. The fourth-order valence-electron chi connectivity index (χ4n) is 1.71. The molecule has 1 saturated heterocycles. The first-order valence-corrected chi connectivity index (χ1v) is 8.52. The van der Waals surface area contributed by atoms with Crippen LogP contribution in [0.15, 0.2) is 40.0 Å². The third-order valence-electron chi connectivity index (χ3n) is 2.79. The Bertz CT molecular complexity index is 413. The number of unbranched alkanes of at least 4 members (excludes halogenated alkanes) is 1. The van der Waals surface area contributed by atoms with Crippen molar-refractivity contribution < 1.29 is 4.79 Å². The van der Waals surface area contributed by atoms with Crippen LogP contribution in [-0.4, -0.2) is 44.8 Å². The molecule has 0 aromatic heterocycles. The molecule has 0 bridgehead atoms. The Morgan fingerprint density at radius 2 is 2.12 bits per heavy atom. The molecule has 1 aliphatic heterocycles. The second-order valence-corrected chi connectivity index (χ2v) is 6.85. The van der Waals surface area contributed by atoms with E-state index in [2.05, 4.69) is 35.3 Å². The molecule has 3 heteroatoms. The van der Waals surface area contributed by atoms with Gasteiger partial charge >= 0.3 is 113 Å². The molecular weight excluding hydrogens is 326 g/mol. The molecule has 17 heavy (non-hydrogen) atoms. The topological polar surface area (TPSA) is 20.3 Å². The summed E-state index contributed by atoms with van der Waals surface area (Å²) in [6, 6.07) is 10.5. The standard InChI is InChI=1S/C14H17NOTe/c1-2-3-9-15-10-12(14(15)16)11-17-13-7-5-4-6-8-13/h4-8,11H,2-3,9-10H2,1H3/b12-11-. The summed E-state index contributed by atoms with van der Waals surface area (Å²) in [7, 11) is 0. The van der Waals surface area contributed by atoms with Crippen molar-refractivity contribution in [3.05, 3.63) is 40.0 Å². The van der Waals surface area contributed by atoms with E-state index in [0.29, 0.717) is 0 Å². The number of benzene rings is 1. The molecule has 2 nitrogen and oxygen atoms in total. The Hall–Kier alpha value is -0.780. The summed E-state index contributed by atoms with van der Waals surface area (Å²) in [6.07, 6.45) is 2.27. The van der Waals surface area contributed by atoms with Crippen molar-refractivity contribution >= 4 is 30.4 Å². The zero-order valence-electron chi connectivity index (χ0n) is 10.1. The monoisotopic (exact) mass is 345 g/mol. The van der Waals surface area contributed by atoms with Gasteiger partial charge in [-0.1, -0.05) is 0 Å². The molecule has 0 saturated carbocycles. The van der Waals surface area contributed by atoms with Crippen molar-refractivity contribution in [2.75, 3.05) is 13.1 Å². The number of nitrogens with zero attached hydrogens (tertiary/aromatic N) is 1. The van der Waals surface area contributed by atoms with Crippen molar-refractivity contribution in [1.29, 1.82) is 0 Å². The first kappa shape index (κ1) is 12.7. The Kier molecular flexibility index (Phi) is 4.65. The quantitative estimate of drug-likeness (QED) is 0.451. The van der Waals surface area contributed by atoms with Crippen LogP contribution in [0.4, 0.5) is 0 Å². The molecule has 1 heterocycles. The van der Waals surface area contributed by atoms with Gasteiger partial charge in [0, 0.05) is 0 Å². The Morgan fingerprint density at radius 1 is 1.35 bits per heavy atom. The molecule has 1 aromatic carbocycles. The summed E-state index contributed by atoms with van der Waals surface area (Å²) >= 11 is -0.321. The van der Waals surface area contributed by atoms with Crippen LogP contribution in [0.3, 0.4) is 0 Å². The van der Waals surface area contributed by atoms with Gasteiger partial charge in [-0.15, -0.1) is 0 Å². The van der Waals surface area contributed by atoms with E-state index in [1.165, 1.54) is 3.61 Å². The number of carbonyl (C=O) groups excluding carboxylic acids is 1.